The highest BCUT2D eigenvalue weighted by atomic mass is 16.2. The summed E-state index contributed by atoms with van der Waals surface area (Å²) >= 11 is 0. The minimum Gasteiger partial charge on any atom is -0.368 e. The first-order valence-corrected chi connectivity index (χ1v) is 13.0. The normalized spacial score (nSPS) is 19.8. The van der Waals surface area contributed by atoms with Crippen molar-refractivity contribution in [1.82, 2.24) is 14.7 Å². The first-order chi connectivity index (χ1) is 17.0. The zero-order valence-electron chi connectivity index (χ0n) is 22.2. The number of primary amides is 2. The van der Waals surface area contributed by atoms with Crippen LogP contribution in [0.5, 0.6) is 0 Å². The van der Waals surface area contributed by atoms with Crippen LogP contribution in [0.1, 0.15) is 85.5 Å². The van der Waals surface area contributed by atoms with Crippen molar-refractivity contribution in [1.29, 1.82) is 0 Å². The molecule has 0 aromatic rings. The highest BCUT2D eigenvalue weighted by Gasteiger charge is 2.31. The molecule has 3 saturated heterocycles. The maximum atomic E-state index is 11.3. The summed E-state index contributed by atoms with van der Waals surface area (Å²) in [7, 11) is 0. The van der Waals surface area contributed by atoms with E-state index < -0.39 is 11.8 Å². The van der Waals surface area contributed by atoms with E-state index in [0.29, 0.717) is 45.2 Å². The second-order valence-corrected chi connectivity index (χ2v) is 9.26. The molecule has 11 heteroatoms. The molecule has 3 rings (SSSR count). The predicted molar refractivity (Wildman–Crippen MR) is 134 cm³/mol. The highest BCUT2D eigenvalue weighted by molar-refractivity contribution is 5.89. The van der Waals surface area contributed by atoms with Crippen molar-refractivity contribution in [2.75, 3.05) is 19.6 Å². The van der Waals surface area contributed by atoms with Gasteiger partial charge in [-0.05, 0) is 45.4 Å². The molecule has 3 fully saturated rings. The third-order valence-corrected chi connectivity index (χ3v) is 6.74. The molecule has 0 unspecified atom stereocenters. The summed E-state index contributed by atoms with van der Waals surface area (Å²) in [4.78, 5) is 71.4. The first-order valence-electron chi connectivity index (χ1n) is 13.0. The quantitative estimate of drug-likeness (QED) is 0.465. The molecule has 4 N–H and O–H groups in total. The van der Waals surface area contributed by atoms with Gasteiger partial charge in [0.2, 0.25) is 29.5 Å². The number of ketones is 1. The second-order valence-electron chi connectivity index (χ2n) is 9.26. The molecule has 0 bridgehead atoms. The number of hydrogen-bond acceptors (Lipinski definition) is 6. The number of Topliss-reactive ketones (excluding diaryl/α,β-unsaturated/α-hetero) is 1. The van der Waals surface area contributed by atoms with Crippen LogP contribution >= 0.6 is 0 Å². The summed E-state index contributed by atoms with van der Waals surface area (Å²) in [5, 5.41) is 0. The van der Waals surface area contributed by atoms with Gasteiger partial charge in [0.1, 0.15) is 12.1 Å². The van der Waals surface area contributed by atoms with Crippen molar-refractivity contribution in [2.24, 2.45) is 11.5 Å². The standard InChI is InChI=1S/C9H15NO2.2C8H14N2O2/c1-3-8(7(2)11)10-6-4-5-9(10)12;2*1-2-6(8(9)12)10-5-3-4-7(10)11/h8H,3-6H2,1-2H3;2*6H,2-5H2,1H3,(H2,9,12)/t8-;2*6-/m010/s1. The fourth-order valence-electron chi connectivity index (χ4n) is 4.87. The third kappa shape index (κ3) is 8.60. The molecule has 0 aromatic heterocycles. The van der Waals surface area contributed by atoms with Gasteiger partial charge in [0, 0.05) is 38.9 Å². The Labute approximate surface area is 213 Å². The van der Waals surface area contributed by atoms with Gasteiger partial charge in [-0.15, -0.1) is 0 Å². The molecule has 3 aliphatic rings. The van der Waals surface area contributed by atoms with Gasteiger partial charge in [-0.3, -0.25) is 28.8 Å². The van der Waals surface area contributed by atoms with Crippen molar-refractivity contribution in [3.8, 4) is 0 Å². The van der Waals surface area contributed by atoms with Gasteiger partial charge in [-0.1, -0.05) is 20.8 Å². The number of likely N-dealkylation sites (tertiary alicyclic amines) is 3. The SMILES string of the molecule is CC[C@@H](C(C)=O)N1CCCC1=O.CC[C@@H](C(N)=O)N1CCCC1=O.CC[C@H](C(N)=O)N1CCCC1=O. The van der Waals surface area contributed by atoms with Gasteiger partial charge in [0.25, 0.3) is 0 Å². The van der Waals surface area contributed by atoms with Crippen LogP contribution in [-0.2, 0) is 28.8 Å². The van der Waals surface area contributed by atoms with E-state index >= 15 is 0 Å². The maximum Gasteiger partial charge on any atom is 0.240 e. The molecule has 3 atom stereocenters. The monoisotopic (exact) mass is 509 g/mol. The molecule has 3 heterocycles. The lowest BCUT2D eigenvalue weighted by Crippen LogP contribution is -2.44. The van der Waals surface area contributed by atoms with Gasteiger partial charge in [0.15, 0.2) is 5.78 Å². The number of carbonyl (C=O) groups excluding carboxylic acids is 6. The summed E-state index contributed by atoms with van der Waals surface area (Å²) in [6.45, 7) is 9.34. The zero-order valence-corrected chi connectivity index (χ0v) is 22.2. The minimum absolute atomic E-state index is 0.0562. The van der Waals surface area contributed by atoms with Crippen LogP contribution in [-0.4, -0.2) is 87.8 Å². The van der Waals surface area contributed by atoms with E-state index in [2.05, 4.69) is 0 Å². The van der Waals surface area contributed by atoms with Crippen molar-refractivity contribution in [2.45, 2.75) is 104 Å². The van der Waals surface area contributed by atoms with E-state index in [1.165, 1.54) is 0 Å². The number of amides is 5. The fourth-order valence-corrected chi connectivity index (χ4v) is 4.87. The Morgan fingerprint density at radius 1 is 0.639 bits per heavy atom. The molecule has 0 radical (unpaired) electrons. The van der Waals surface area contributed by atoms with Crippen LogP contribution in [0.15, 0.2) is 0 Å². The number of hydrogen-bond donors (Lipinski definition) is 2. The molecular weight excluding hydrogens is 466 g/mol. The Kier molecular flexibility index (Phi) is 13.1. The summed E-state index contributed by atoms with van der Waals surface area (Å²) in [5.41, 5.74) is 10.3. The van der Waals surface area contributed by atoms with Crippen molar-refractivity contribution >= 4 is 35.3 Å². The van der Waals surface area contributed by atoms with Gasteiger partial charge in [0.05, 0.1) is 6.04 Å². The summed E-state index contributed by atoms with van der Waals surface area (Å²) in [6.07, 6.45) is 6.30. The Hall–Kier alpha value is -2.98. The van der Waals surface area contributed by atoms with E-state index in [4.69, 9.17) is 11.5 Å². The second kappa shape index (κ2) is 15.2. The lowest BCUT2D eigenvalue weighted by molar-refractivity contribution is -0.136. The Morgan fingerprint density at radius 3 is 1.08 bits per heavy atom. The van der Waals surface area contributed by atoms with Gasteiger partial charge < -0.3 is 26.2 Å². The van der Waals surface area contributed by atoms with Crippen LogP contribution in [0.4, 0.5) is 0 Å². The molecule has 204 valence electrons. The van der Waals surface area contributed by atoms with Crippen LogP contribution in [0, 0.1) is 0 Å². The number of rotatable bonds is 9. The smallest absolute Gasteiger partial charge is 0.240 e. The Bertz CT molecular complexity index is 712. The number of carbonyl (C=O) groups is 6. The zero-order chi connectivity index (χ0) is 27.4. The number of nitrogens with two attached hydrogens (primary N) is 2. The van der Waals surface area contributed by atoms with Crippen molar-refractivity contribution in [3.63, 3.8) is 0 Å². The van der Waals surface area contributed by atoms with Crippen molar-refractivity contribution < 1.29 is 28.8 Å². The topological polar surface area (TPSA) is 164 Å². The summed E-state index contributed by atoms with van der Waals surface area (Å²) in [5.74, 6) is -0.438. The fraction of sp³-hybridized carbons (Fsp3) is 0.760. The lowest BCUT2D eigenvalue weighted by atomic mass is 10.1. The van der Waals surface area contributed by atoms with E-state index in [-0.39, 0.29) is 41.6 Å². The van der Waals surface area contributed by atoms with Gasteiger partial charge in [-0.2, -0.15) is 0 Å². The van der Waals surface area contributed by atoms with E-state index in [9.17, 15) is 28.8 Å². The number of nitrogens with zero attached hydrogens (tertiary/aromatic N) is 3. The van der Waals surface area contributed by atoms with Crippen LogP contribution in [0.2, 0.25) is 0 Å². The first kappa shape index (κ1) is 31.1. The maximum absolute atomic E-state index is 11.3. The molecule has 0 saturated carbocycles. The Morgan fingerprint density at radius 2 is 0.917 bits per heavy atom. The molecular formula is C25H43N5O6. The molecule has 5 amide bonds. The third-order valence-electron chi connectivity index (χ3n) is 6.74. The summed E-state index contributed by atoms with van der Waals surface area (Å²) in [6, 6.07) is -0.944. The lowest BCUT2D eigenvalue weighted by Gasteiger charge is -2.23. The van der Waals surface area contributed by atoms with Crippen LogP contribution in [0.25, 0.3) is 0 Å². The van der Waals surface area contributed by atoms with Crippen molar-refractivity contribution in [3.05, 3.63) is 0 Å². The molecule has 3 aliphatic heterocycles. The molecule has 0 spiro atoms. The van der Waals surface area contributed by atoms with Gasteiger partial charge >= 0.3 is 0 Å². The Balaban J connectivity index is 0.000000270. The summed E-state index contributed by atoms with van der Waals surface area (Å²) < 4.78 is 0. The van der Waals surface area contributed by atoms with Crippen LogP contribution in [0.3, 0.4) is 0 Å². The highest BCUT2D eigenvalue weighted by Crippen LogP contribution is 2.17. The average molecular weight is 510 g/mol. The predicted octanol–water partition coefficient (Wildman–Crippen LogP) is 0.722. The average Bonchev–Trinajstić information content (AvgIpc) is 3.54. The minimum atomic E-state index is -0.396. The van der Waals surface area contributed by atoms with Crippen LogP contribution < -0.4 is 11.5 Å². The van der Waals surface area contributed by atoms with Gasteiger partial charge in [-0.25, -0.2) is 0 Å². The largest absolute Gasteiger partial charge is 0.368 e. The van der Waals surface area contributed by atoms with E-state index in [0.717, 1.165) is 32.2 Å². The molecule has 0 aliphatic carbocycles. The van der Waals surface area contributed by atoms with E-state index in [1.807, 2.05) is 20.8 Å². The van der Waals surface area contributed by atoms with E-state index in [1.54, 1.807) is 21.6 Å². The molecule has 11 nitrogen and oxygen atoms in total. The molecule has 36 heavy (non-hydrogen) atoms. The molecule has 0 aromatic carbocycles.